The van der Waals surface area contributed by atoms with E-state index in [0.29, 0.717) is 22.3 Å². The Labute approximate surface area is 179 Å². The van der Waals surface area contributed by atoms with Gasteiger partial charge in [0.1, 0.15) is 5.75 Å². The van der Waals surface area contributed by atoms with Gasteiger partial charge in [-0.25, -0.2) is 4.57 Å². The highest BCUT2D eigenvalue weighted by Gasteiger charge is 2.30. The highest BCUT2D eigenvalue weighted by atomic mass is 32.2. The number of carbonyl (C=O) groups excluding carboxylic acids is 1. The van der Waals surface area contributed by atoms with E-state index in [1.807, 2.05) is 0 Å². The number of halogens is 3. The summed E-state index contributed by atoms with van der Waals surface area (Å²) >= 11 is -1.73. The number of nitrogens with zero attached hydrogens (tertiary/aromatic N) is 3. The first-order valence-electron chi connectivity index (χ1n) is 9.23. The lowest BCUT2D eigenvalue weighted by Crippen LogP contribution is -2.21. The number of hydrogen-bond acceptors (Lipinski definition) is 6. The Kier molecular flexibility index (Phi) is 6.75. The van der Waals surface area contributed by atoms with Crippen LogP contribution in [0.1, 0.15) is 31.3 Å². The summed E-state index contributed by atoms with van der Waals surface area (Å²) in [7, 11) is 0. The van der Waals surface area contributed by atoms with Crippen LogP contribution in [-0.2, 0) is 26.5 Å². The predicted octanol–water partition coefficient (Wildman–Crippen LogP) is 4.07. The van der Waals surface area contributed by atoms with E-state index in [9.17, 15) is 22.5 Å². The van der Waals surface area contributed by atoms with E-state index in [2.05, 4.69) is 9.97 Å². The largest absolute Gasteiger partial charge is 0.609 e. The van der Waals surface area contributed by atoms with E-state index in [1.165, 1.54) is 19.2 Å². The molecule has 0 spiro atoms. The Hall–Kier alpha value is -2.79. The van der Waals surface area contributed by atoms with Gasteiger partial charge >= 0.3 is 17.3 Å². The first-order valence-corrected chi connectivity index (χ1v) is 10.6. The van der Waals surface area contributed by atoms with Gasteiger partial charge in [0.25, 0.3) is 0 Å². The summed E-state index contributed by atoms with van der Waals surface area (Å²) in [5.41, 5.74) is 1.87. The van der Waals surface area contributed by atoms with Gasteiger partial charge < -0.3 is 14.0 Å². The Bertz CT molecular complexity index is 1090. The molecule has 7 nitrogen and oxygen atoms in total. The van der Waals surface area contributed by atoms with Gasteiger partial charge in [0.2, 0.25) is 0 Å². The van der Waals surface area contributed by atoms with Crippen molar-refractivity contribution in [3.8, 4) is 5.75 Å². The van der Waals surface area contributed by atoms with E-state index in [0.717, 1.165) is 0 Å². The summed E-state index contributed by atoms with van der Waals surface area (Å²) in [4.78, 5) is 20.0. The van der Waals surface area contributed by atoms with Crippen LogP contribution in [0.15, 0.2) is 41.7 Å². The number of ether oxygens (including phenoxy) is 2. The molecule has 0 radical (unpaired) electrons. The summed E-state index contributed by atoms with van der Waals surface area (Å²) in [5, 5.41) is 0.165. The number of pyridine rings is 1. The van der Waals surface area contributed by atoms with Crippen molar-refractivity contribution in [2.45, 2.75) is 44.1 Å². The zero-order valence-corrected chi connectivity index (χ0v) is 17.8. The van der Waals surface area contributed by atoms with Crippen molar-refractivity contribution in [2.24, 2.45) is 0 Å². The highest BCUT2D eigenvalue weighted by molar-refractivity contribution is 7.90. The van der Waals surface area contributed by atoms with Crippen molar-refractivity contribution in [3.05, 3.63) is 47.8 Å². The smallest absolute Gasteiger partial charge is 0.422 e. The molecule has 0 saturated heterocycles. The van der Waals surface area contributed by atoms with Crippen molar-refractivity contribution < 1.29 is 32.0 Å². The molecule has 11 heteroatoms. The highest BCUT2D eigenvalue weighted by Crippen LogP contribution is 2.29. The molecule has 0 aliphatic carbocycles. The van der Waals surface area contributed by atoms with Crippen molar-refractivity contribution >= 4 is 28.2 Å². The van der Waals surface area contributed by atoms with Crippen LogP contribution in [0.25, 0.3) is 11.0 Å². The molecule has 3 aromatic rings. The quantitative estimate of drug-likeness (QED) is 0.394. The zero-order chi connectivity index (χ0) is 22.8. The van der Waals surface area contributed by atoms with Crippen molar-refractivity contribution in [2.75, 3.05) is 6.61 Å². The number of fused-ring (bicyclic) bond motifs is 1. The van der Waals surface area contributed by atoms with Gasteiger partial charge in [0.15, 0.2) is 18.6 Å². The predicted molar refractivity (Wildman–Crippen MR) is 107 cm³/mol. The van der Waals surface area contributed by atoms with Crippen LogP contribution in [0, 0.1) is 6.92 Å². The maximum Gasteiger partial charge on any atom is 0.422 e. The normalized spacial score (nSPS) is 13.8. The fraction of sp³-hybridized carbons (Fsp3) is 0.350. The molecular formula is C20H20F3N3O4S. The molecule has 0 aliphatic heterocycles. The van der Waals surface area contributed by atoms with E-state index in [-0.39, 0.29) is 16.7 Å². The minimum absolute atomic E-state index is 0.0149. The minimum atomic E-state index is -4.48. The van der Waals surface area contributed by atoms with Crippen LogP contribution < -0.4 is 4.74 Å². The molecule has 2 unspecified atom stereocenters. The number of alkyl halides is 3. The average Bonchev–Trinajstić information content (AvgIpc) is 3.07. The lowest BCUT2D eigenvalue weighted by molar-refractivity contribution is -0.153. The van der Waals surface area contributed by atoms with Crippen LogP contribution >= 0.6 is 0 Å². The van der Waals surface area contributed by atoms with Gasteiger partial charge in [0, 0.05) is 29.9 Å². The second kappa shape index (κ2) is 9.15. The maximum atomic E-state index is 13.2. The van der Waals surface area contributed by atoms with E-state index in [1.54, 1.807) is 42.7 Å². The second-order valence-electron chi connectivity index (χ2n) is 6.74. The first kappa shape index (κ1) is 22.9. The van der Waals surface area contributed by atoms with Gasteiger partial charge in [-0.2, -0.15) is 18.2 Å². The summed E-state index contributed by atoms with van der Waals surface area (Å²) in [5.74, 6) is -0.597. The van der Waals surface area contributed by atoms with Crippen molar-refractivity contribution in [1.29, 1.82) is 0 Å². The standard InChI is InChI=1S/C20H20F3N3O4S/c1-12-16(24-9-8-18(12)29-11-20(21,22)23)10-31(28)19-25-15-6-4-5-7-17(15)26(19)13(2)30-14(3)27/h4-9,13H,10-11H2,1-3H3. The topological polar surface area (TPSA) is 89.3 Å². The van der Waals surface area contributed by atoms with Gasteiger partial charge in [0.05, 0.1) is 16.7 Å². The van der Waals surface area contributed by atoms with E-state index < -0.39 is 36.2 Å². The van der Waals surface area contributed by atoms with Gasteiger partial charge in [-0.1, -0.05) is 12.1 Å². The van der Waals surface area contributed by atoms with E-state index >= 15 is 0 Å². The van der Waals surface area contributed by atoms with Crippen LogP contribution in [-0.4, -0.2) is 37.8 Å². The molecule has 166 valence electrons. The number of para-hydroxylation sites is 2. The van der Waals surface area contributed by atoms with Crippen LogP contribution in [0.4, 0.5) is 13.2 Å². The van der Waals surface area contributed by atoms with Crippen LogP contribution in [0.3, 0.4) is 0 Å². The second-order valence-corrected chi connectivity index (χ2v) is 8.08. The molecule has 3 rings (SSSR count). The Morgan fingerprint density at radius 1 is 1.29 bits per heavy atom. The third-order valence-corrected chi connectivity index (χ3v) is 5.62. The molecule has 2 heterocycles. The molecule has 0 saturated carbocycles. The number of rotatable bonds is 7. The maximum absolute atomic E-state index is 13.2. The average molecular weight is 455 g/mol. The molecule has 2 atom stereocenters. The lowest BCUT2D eigenvalue weighted by Gasteiger charge is -2.18. The SMILES string of the molecule is CC(=O)OC(C)n1c([S+]([O-])Cc2nccc(OCC(F)(F)F)c2C)nc2ccccc21. The van der Waals surface area contributed by atoms with Gasteiger partial charge in [-0.3, -0.25) is 9.78 Å². The number of hydrogen-bond donors (Lipinski definition) is 0. The summed E-state index contributed by atoms with van der Waals surface area (Å²) in [6.45, 7) is 3.02. The van der Waals surface area contributed by atoms with Crippen LogP contribution in [0.5, 0.6) is 5.75 Å². The third kappa shape index (κ3) is 5.47. The molecule has 0 N–H and O–H groups in total. The molecule has 1 aromatic carbocycles. The summed E-state index contributed by atoms with van der Waals surface area (Å²) in [6.07, 6.45) is -3.94. The first-order chi connectivity index (χ1) is 14.6. The monoisotopic (exact) mass is 455 g/mol. The molecule has 0 aliphatic rings. The number of imidazole rings is 1. The molecule has 31 heavy (non-hydrogen) atoms. The molecular weight excluding hydrogens is 435 g/mol. The van der Waals surface area contributed by atoms with Crippen molar-refractivity contribution in [3.63, 3.8) is 0 Å². The summed E-state index contributed by atoms with van der Waals surface area (Å²) in [6, 6.07) is 8.38. The minimum Gasteiger partial charge on any atom is -0.609 e. The van der Waals surface area contributed by atoms with Gasteiger partial charge in [-0.15, -0.1) is 0 Å². The Morgan fingerprint density at radius 2 is 2.00 bits per heavy atom. The lowest BCUT2D eigenvalue weighted by atomic mass is 10.2. The fourth-order valence-electron chi connectivity index (χ4n) is 3.04. The number of esters is 1. The number of carbonyl (C=O) groups is 1. The molecule has 0 amide bonds. The zero-order valence-electron chi connectivity index (χ0n) is 17.0. The molecule has 0 fully saturated rings. The van der Waals surface area contributed by atoms with Crippen molar-refractivity contribution in [1.82, 2.24) is 14.5 Å². The Balaban J connectivity index is 1.92. The third-order valence-electron chi connectivity index (χ3n) is 4.39. The number of benzene rings is 1. The number of aromatic nitrogens is 3. The van der Waals surface area contributed by atoms with Crippen LogP contribution in [0.2, 0.25) is 0 Å². The Morgan fingerprint density at radius 3 is 2.68 bits per heavy atom. The fourth-order valence-corrected chi connectivity index (χ4v) is 4.37. The molecule has 0 bridgehead atoms. The van der Waals surface area contributed by atoms with E-state index in [4.69, 9.17) is 9.47 Å². The summed E-state index contributed by atoms with van der Waals surface area (Å²) < 4.78 is 62.3. The molecule has 2 aromatic heterocycles. The van der Waals surface area contributed by atoms with Gasteiger partial charge in [-0.05, 0) is 32.0 Å².